The van der Waals surface area contributed by atoms with Gasteiger partial charge in [-0.3, -0.25) is 0 Å². The molecule has 1 heterocycles. The second kappa shape index (κ2) is 8.59. The van der Waals surface area contributed by atoms with Crippen LogP contribution < -0.4 is 10.3 Å². The summed E-state index contributed by atoms with van der Waals surface area (Å²) in [5, 5.41) is 0.696. The number of rotatable bonds is 7. The van der Waals surface area contributed by atoms with Gasteiger partial charge in [0.15, 0.2) is 0 Å². The highest BCUT2D eigenvalue weighted by Gasteiger charge is 2.15. The normalized spacial score (nSPS) is 11.5. The van der Waals surface area contributed by atoms with Crippen molar-refractivity contribution in [2.45, 2.75) is 31.8 Å². The standard InChI is InChI=1S/C21H21NO6S/c1-3-14-5-10-18-16(12-20(23)28-19(18)11-14)13-27-21(24)15-6-8-17(9-7-15)29(25,26)22-4-2/h5-12,22H,3-4,13H2,1-2H3. The number of sulfonamides is 1. The smallest absolute Gasteiger partial charge is 0.338 e. The topological polar surface area (TPSA) is 103 Å². The minimum absolute atomic E-state index is 0.0642. The van der Waals surface area contributed by atoms with E-state index < -0.39 is 21.6 Å². The molecule has 0 amide bonds. The van der Waals surface area contributed by atoms with Crippen LogP contribution in [0.3, 0.4) is 0 Å². The first-order valence-corrected chi connectivity index (χ1v) is 10.6. The predicted octanol–water partition coefficient (Wildman–Crippen LogP) is 3.01. The Bertz CT molecular complexity index is 1200. The molecule has 29 heavy (non-hydrogen) atoms. The van der Waals surface area contributed by atoms with Crippen molar-refractivity contribution in [3.05, 3.63) is 75.6 Å². The van der Waals surface area contributed by atoms with E-state index >= 15 is 0 Å². The summed E-state index contributed by atoms with van der Waals surface area (Å²) in [6, 6.07) is 12.3. The Morgan fingerprint density at radius 1 is 1.07 bits per heavy atom. The zero-order valence-corrected chi connectivity index (χ0v) is 16.9. The SMILES string of the molecule is CCNS(=O)(=O)c1ccc(C(=O)OCc2cc(=O)oc3cc(CC)ccc23)cc1. The number of carbonyl (C=O) groups excluding carboxylic acids is 1. The molecule has 0 aliphatic carbocycles. The van der Waals surface area contributed by atoms with Crippen molar-refractivity contribution in [2.24, 2.45) is 0 Å². The number of ether oxygens (including phenoxy) is 1. The van der Waals surface area contributed by atoms with E-state index in [-0.39, 0.29) is 23.6 Å². The molecule has 0 saturated carbocycles. The average Bonchev–Trinajstić information content (AvgIpc) is 2.71. The lowest BCUT2D eigenvalue weighted by Crippen LogP contribution is -2.23. The monoisotopic (exact) mass is 415 g/mol. The molecular formula is C21H21NO6S. The van der Waals surface area contributed by atoms with Crippen LogP contribution in [0.4, 0.5) is 0 Å². The van der Waals surface area contributed by atoms with Gasteiger partial charge in [-0.2, -0.15) is 0 Å². The fourth-order valence-corrected chi connectivity index (χ4v) is 3.92. The maximum absolute atomic E-state index is 12.3. The van der Waals surface area contributed by atoms with E-state index in [1.54, 1.807) is 13.0 Å². The largest absolute Gasteiger partial charge is 0.457 e. The van der Waals surface area contributed by atoms with Crippen molar-refractivity contribution in [2.75, 3.05) is 6.54 Å². The number of esters is 1. The Labute approximate surface area is 168 Å². The highest BCUT2D eigenvalue weighted by atomic mass is 32.2. The second-order valence-electron chi connectivity index (χ2n) is 6.38. The Morgan fingerprint density at radius 2 is 1.79 bits per heavy atom. The molecule has 0 saturated heterocycles. The van der Waals surface area contributed by atoms with Crippen molar-refractivity contribution >= 4 is 27.0 Å². The first kappa shape index (κ1) is 20.8. The van der Waals surface area contributed by atoms with Crippen LogP contribution in [0, 0.1) is 0 Å². The molecule has 8 heteroatoms. The van der Waals surface area contributed by atoms with Crippen molar-refractivity contribution in [3.8, 4) is 0 Å². The molecule has 7 nitrogen and oxygen atoms in total. The van der Waals surface area contributed by atoms with E-state index in [1.165, 1.54) is 30.3 Å². The lowest BCUT2D eigenvalue weighted by Gasteiger charge is -2.09. The summed E-state index contributed by atoms with van der Waals surface area (Å²) in [4.78, 5) is 24.2. The van der Waals surface area contributed by atoms with Gasteiger partial charge < -0.3 is 9.15 Å². The number of hydrogen-bond donors (Lipinski definition) is 1. The Balaban J connectivity index is 1.78. The van der Waals surface area contributed by atoms with Crippen molar-refractivity contribution in [1.29, 1.82) is 0 Å². The van der Waals surface area contributed by atoms with Gasteiger partial charge >= 0.3 is 11.6 Å². The minimum atomic E-state index is -3.59. The van der Waals surface area contributed by atoms with Crippen LogP contribution in [-0.4, -0.2) is 20.9 Å². The molecule has 1 aromatic heterocycles. The summed E-state index contributed by atoms with van der Waals surface area (Å²) in [5.41, 5.74) is 1.71. The summed E-state index contributed by atoms with van der Waals surface area (Å²) < 4.78 is 36.9. The van der Waals surface area contributed by atoms with Crippen LogP contribution in [0.1, 0.15) is 35.3 Å². The molecule has 0 bridgehead atoms. The van der Waals surface area contributed by atoms with Gasteiger partial charge in [0.2, 0.25) is 10.0 Å². The highest BCUT2D eigenvalue weighted by Crippen LogP contribution is 2.20. The molecule has 3 aromatic rings. The molecule has 152 valence electrons. The third-order valence-corrected chi connectivity index (χ3v) is 5.96. The van der Waals surface area contributed by atoms with Crippen LogP contribution >= 0.6 is 0 Å². The van der Waals surface area contributed by atoms with Gasteiger partial charge in [-0.1, -0.05) is 26.0 Å². The predicted molar refractivity (Wildman–Crippen MR) is 108 cm³/mol. The number of hydrogen-bond acceptors (Lipinski definition) is 6. The van der Waals surface area contributed by atoms with E-state index in [9.17, 15) is 18.0 Å². The average molecular weight is 415 g/mol. The molecule has 0 fully saturated rings. The number of aryl methyl sites for hydroxylation is 1. The first-order chi connectivity index (χ1) is 13.8. The summed E-state index contributed by atoms with van der Waals surface area (Å²) in [7, 11) is -3.59. The van der Waals surface area contributed by atoms with E-state index in [0.29, 0.717) is 16.5 Å². The van der Waals surface area contributed by atoms with Gasteiger partial charge in [0.1, 0.15) is 12.2 Å². The quantitative estimate of drug-likeness (QED) is 0.470. The molecule has 0 unspecified atom stereocenters. The Hall–Kier alpha value is -2.97. The first-order valence-electron chi connectivity index (χ1n) is 9.16. The molecule has 3 rings (SSSR count). The summed E-state index contributed by atoms with van der Waals surface area (Å²) >= 11 is 0. The van der Waals surface area contributed by atoms with Gasteiger partial charge in [0, 0.05) is 23.6 Å². The number of fused-ring (bicyclic) bond motifs is 1. The number of carbonyl (C=O) groups is 1. The summed E-state index contributed by atoms with van der Waals surface area (Å²) in [6.07, 6.45) is 0.804. The molecule has 0 radical (unpaired) electrons. The molecule has 0 atom stereocenters. The lowest BCUT2D eigenvalue weighted by atomic mass is 10.1. The zero-order chi connectivity index (χ0) is 21.0. The highest BCUT2D eigenvalue weighted by molar-refractivity contribution is 7.89. The van der Waals surface area contributed by atoms with E-state index in [0.717, 1.165) is 12.0 Å². The van der Waals surface area contributed by atoms with Crippen molar-refractivity contribution < 1.29 is 22.4 Å². The van der Waals surface area contributed by atoms with Gasteiger partial charge in [0.05, 0.1) is 10.5 Å². The molecule has 2 aromatic carbocycles. The molecule has 0 aliphatic rings. The zero-order valence-electron chi connectivity index (χ0n) is 16.1. The number of nitrogens with one attached hydrogen (secondary N) is 1. The third kappa shape index (κ3) is 4.72. The fourth-order valence-electron chi connectivity index (χ4n) is 2.88. The van der Waals surface area contributed by atoms with Crippen LogP contribution in [0.2, 0.25) is 0 Å². The van der Waals surface area contributed by atoms with Crippen LogP contribution in [-0.2, 0) is 27.8 Å². The van der Waals surface area contributed by atoms with Crippen molar-refractivity contribution in [1.82, 2.24) is 4.72 Å². The van der Waals surface area contributed by atoms with E-state index in [1.807, 2.05) is 19.1 Å². The maximum atomic E-state index is 12.3. The van der Waals surface area contributed by atoms with Gasteiger partial charge in [-0.05, 0) is 42.3 Å². The van der Waals surface area contributed by atoms with Crippen LogP contribution in [0.25, 0.3) is 11.0 Å². The molecule has 1 N–H and O–H groups in total. The lowest BCUT2D eigenvalue weighted by molar-refractivity contribution is 0.0473. The van der Waals surface area contributed by atoms with E-state index in [2.05, 4.69) is 4.72 Å². The third-order valence-electron chi connectivity index (χ3n) is 4.40. The minimum Gasteiger partial charge on any atom is -0.457 e. The van der Waals surface area contributed by atoms with E-state index in [4.69, 9.17) is 9.15 Å². The fraction of sp³-hybridized carbons (Fsp3) is 0.238. The van der Waals surface area contributed by atoms with Crippen LogP contribution in [0.15, 0.2) is 62.6 Å². The van der Waals surface area contributed by atoms with Gasteiger partial charge in [-0.25, -0.2) is 22.7 Å². The van der Waals surface area contributed by atoms with Gasteiger partial charge in [0.25, 0.3) is 0 Å². The summed E-state index contributed by atoms with van der Waals surface area (Å²) in [6.45, 7) is 3.84. The van der Waals surface area contributed by atoms with Gasteiger partial charge in [-0.15, -0.1) is 0 Å². The Kier molecular flexibility index (Phi) is 6.14. The molecular weight excluding hydrogens is 394 g/mol. The second-order valence-corrected chi connectivity index (χ2v) is 8.14. The maximum Gasteiger partial charge on any atom is 0.338 e. The Morgan fingerprint density at radius 3 is 2.45 bits per heavy atom. The summed E-state index contributed by atoms with van der Waals surface area (Å²) in [5.74, 6) is -0.621. The van der Waals surface area contributed by atoms with Crippen LogP contribution in [0.5, 0.6) is 0 Å². The van der Waals surface area contributed by atoms with Crippen molar-refractivity contribution in [3.63, 3.8) is 0 Å². The molecule has 0 aliphatic heterocycles. The number of benzene rings is 2. The molecule has 0 spiro atoms.